The average molecular weight is 358 g/mol. The van der Waals surface area contributed by atoms with Crippen molar-refractivity contribution in [1.29, 1.82) is 0 Å². The summed E-state index contributed by atoms with van der Waals surface area (Å²) in [6, 6.07) is 21.4. The van der Waals surface area contributed by atoms with Crippen LogP contribution in [0.2, 0.25) is 0 Å². The van der Waals surface area contributed by atoms with E-state index in [4.69, 9.17) is 9.97 Å². The van der Waals surface area contributed by atoms with E-state index in [2.05, 4.69) is 61.3 Å². The predicted octanol–water partition coefficient (Wildman–Crippen LogP) is 5.29. The Hall–Kier alpha value is -2.88. The van der Waals surface area contributed by atoms with Crippen LogP contribution >= 0.6 is 0 Å². The lowest BCUT2D eigenvalue weighted by Gasteiger charge is -2.36. The zero-order chi connectivity index (χ0) is 18.8. The molecule has 0 aliphatic carbocycles. The maximum atomic E-state index is 4.86. The Bertz CT molecular complexity index is 921. The number of hydrogen-bond acceptors (Lipinski definition) is 4. The third-order valence-corrected chi connectivity index (χ3v) is 5.15. The minimum atomic E-state index is 0.343. The van der Waals surface area contributed by atoms with Crippen LogP contribution in [0.1, 0.15) is 43.5 Å². The molecule has 0 spiro atoms. The van der Waals surface area contributed by atoms with E-state index in [0.29, 0.717) is 17.9 Å². The number of rotatable bonds is 4. The third-order valence-electron chi connectivity index (χ3n) is 5.15. The molecule has 0 radical (unpaired) electrons. The van der Waals surface area contributed by atoms with E-state index in [1.165, 1.54) is 11.1 Å². The molecule has 1 atom stereocenters. The van der Waals surface area contributed by atoms with Gasteiger partial charge in [0.25, 0.3) is 0 Å². The summed E-state index contributed by atoms with van der Waals surface area (Å²) in [4.78, 5) is 12.0. The molecule has 0 saturated carbocycles. The summed E-state index contributed by atoms with van der Waals surface area (Å²) in [5, 5.41) is 3.36. The Morgan fingerprint density at radius 2 is 1.67 bits per heavy atom. The van der Waals surface area contributed by atoms with E-state index >= 15 is 0 Å². The van der Waals surface area contributed by atoms with Crippen molar-refractivity contribution in [2.45, 2.75) is 45.7 Å². The second kappa shape index (κ2) is 7.39. The molecule has 0 amide bonds. The fraction of sp³-hybridized carbons (Fsp3) is 0.304. The zero-order valence-electron chi connectivity index (χ0n) is 16.2. The van der Waals surface area contributed by atoms with E-state index in [1.54, 1.807) is 0 Å². The van der Waals surface area contributed by atoms with Gasteiger partial charge in [0.2, 0.25) is 5.95 Å². The van der Waals surface area contributed by atoms with Crippen LogP contribution in [-0.4, -0.2) is 16.0 Å². The van der Waals surface area contributed by atoms with Gasteiger partial charge in [-0.2, -0.15) is 4.98 Å². The normalized spacial score (nSPS) is 16.3. The lowest BCUT2D eigenvalue weighted by Crippen LogP contribution is -2.39. The molecule has 1 aliphatic heterocycles. The smallest absolute Gasteiger partial charge is 0.229 e. The number of para-hydroxylation sites is 1. The maximum Gasteiger partial charge on any atom is 0.229 e. The lowest BCUT2D eigenvalue weighted by atomic mass is 9.95. The van der Waals surface area contributed by atoms with E-state index in [1.807, 2.05) is 30.3 Å². The Morgan fingerprint density at radius 3 is 2.41 bits per heavy atom. The molecular weight excluding hydrogens is 332 g/mol. The topological polar surface area (TPSA) is 41.1 Å². The van der Waals surface area contributed by atoms with Crippen molar-refractivity contribution >= 4 is 17.5 Å². The fourth-order valence-electron chi connectivity index (χ4n) is 3.59. The molecule has 0 saturated heterocycles. The van der Waals surface area contributed by atoms with Crippen LogP contribution in [-0.2, 0) is 13.0 Å². The predicted molar refractivity (Wildman–Crippen MR) is 112 cm³/mol. The van der Waals surface area contributed by atoms with Crippen molar-refractivity contribution in [1.82, 2.24) is 9.97 Å². The third kappa shape index (κ3) is 3.80. The molecule has 1 aromatic heterocycles. The summed E-state index contributed by atoms with van der Waals surface area (Å²) in [5.41, 5.74) is 4.89. The first-order valence-corrected chi connectivity index (χ1v) is 9.64. The molecular formula is C23H26N4. The van der Waals surface area contributed by atoms with Crippen molar-refractivity contribution < 1.29 is 0 Å². The maximum absolute atomic E-state index is 4.86. The molecule has 2 aromatic carbocycles. The van der Waals surface area contributed by atoms with Gasteiger partial charge >= 0.3 is 0 Å². The fourth-order valence-corrected chi connectivity index (χ4v) is 3.59. The number of anilines is 3. The van der Waals surface area contributed by atoms with Crippen molar-refractivity contribution in [3.05, 3.63) is 77.5 Å². The number of nitrogens with one attached hydrogen (secondary N) is 1. The Labute approximate surface area is 161 Å². The number of benzene rings is 2. The van der Waals surface area contributed by atoms with Gasteiger partial charge in [0.15, 0.2) is 0 Å². The molecule has 27 heavy (non-hydrogen) atoms. The van der Waals surface area contributed by atoms with Crippen molar-refractivity contribution in [3.8, 4) is 0 Å². The first-order chi connectivity index (χ1) is 13.1. The monoisotopic (exact) mass is 358 g/mol. The first-order valence-electron chi connectivity index (χ1n) is 9.64. The van der Waals surface area contributed by atoms with Crippen LogP contribution in [0.4, 0.5) is 17.5 Å². The van der Waals surface area contributed by atoms with Gasteiger partial charge < -0.3 is 10.2 Å². The highest BCUT2D eigenvalue weighted by Gasteiger charge is 2.25. The lowest BCUT2D eigenvalue weighted by molar-refractivity contribution is 0.585. The van der Waals surface area contributed by atoms with Gasteiger partial charge in [0.1, 0.15) is 5.82 Å². The Balaban J connectivity index is 1.69. The van der Waals surface area contributed by atoms with Crippen LogP contribution in [0.15, 0.2) is 60.7 Å². The zero-order valence-corrected chi connectivity index (χ0v) is 16.2. The van der Waals surface area contributed by atoms with Crippen LogP contribution in [0.5, 0.6) is 0 Å². The van der Waals surface area contributed by atoms with Gasteiger partial charge in [-0.15, -0.1) is 0 Å². The van der Waals surface area contributed by atoms with Gasteiger partial charge in [-0.1, -0.05) is 56.3 Å². The molecule has 0 bridgehead atoms. The van der Waals surface area contributed by atoms with Gasteiger partial charge in [-0.3, -0.25) is 0 Å². The number of hydrogen-bond donors (Lipinski definition) is 1. The quantitative estimate of drug-likeness (QED) is 0.687. The van der Waals surface area contributed by atoms with Crippen LogP contribution < -0.4 is 10.2 Å². The highest BCUT2D eigenvalue weighted by Crippen LogP contribution is 2.30. The SMILES string of the molecule is CC(C)c1cc(N2Cc3ccccc3C[C@H]2C)nc(Nc2ccccc2)n1. The van der Waals surface area contributed by atoms with E-state index in [-0.39, 0.29) is 0 Å². The summed E-state index contributed by atoms with van der Waals surface area (Å²) in [5.74, 6) is 2.00. The van der Waals surface area contributed by atoms with Gasteiger partial charge in [-0.25, -0.2) is 4.98 Å². The summed E-state index contributed by atoms with van der Waals surface area (Å²) >= 11 is 0. The first kappa shape index (κ1) is 17.5. The second-order valence-electron chi connectivity index (χ2n) is 7.57. The highest BCUT2D eigenvalue weighted by molar-refractivity contribution is 5.56. The average Bonchev–Trinajstić information content (AvgIpc) is 2.68. The molecule has 4 heteroatoms. The van der Waals surface area contributed by atoms with E-state index in [0.717, 1.165) is 30.2 Å². The Kier molecular flexibility index (Phi) is 4.80. The number of nitrogens with zero attached hydrogens (tertiary/aromatic N) is 3. The van der Waals surface area contributed by atoms with E-state index in [9.17, 15) is 0 Å². The van der Waals surface area contributed by atoms with Crippen molar-refractivity contribution in [3.63, 3.8) is 0 Å². The molecule has 2 heterocycles. The molecule has 138 valence electrons. The summed E-state index contributed by atoms with van der Waals surface area (Å²) in [7, 11) is 0. The molecule has 3 aromatic rings. The second-order valence-corrected chi connectivity index (χ2v) is 7.57. The number of fused-ring (bicyclic) bond motifs is 1. The van der Waals surface area contributed by atoms with Gasteiger partial charge in [-0.05, 0) is 42.5 Å². The standard InChI is InChI=1S/C23H26N4/c1-16(2)21-14-22(26-23(25-21)24-20-11-5-4-6-12-20)27-15-19-10-8-7-9-18(19)13-17(27)3/h4-12,14,16-17H,13,15H2,1-3H3,(H,24,25,26)/t17-/m1/s1. The molecule has 4 nitrogen and oxygen atoms in total. The van der Waals surface area contributed by atoms with Gasteiger partial charge in [0, 0.05) is 24.3 Å². The molecule has 0 unspecified atom stereocenters. The molecule has 4 rings (SSSR count). The van der Waals surface area contributed by atoms with Crippen molar-refractivity contribution in [2.24, 2.45) is 0 Å². The van der Waals surface area contributed by atoms with E-state index < -0.39 is 0 Å². The minimum Gasteiger partial charge on any atom is -0.349 e. The van der Waals surface area contributed by atoms with Crippen molar-refractivity contribution in [2.75, 3.05) is 10.2 Å². The van der Waals surface area contributed by atoms with Crippen LogP contribution in [0.25, 0.3) is 0 Å². The van der Waals surface area contributed by atoms with Crippen LogP contribution in [0.3, 0.4) is 0 Å². The van der Waals surface area contributed by atoms with Gasteiger partial charge in [0.05, 0.1) is 5.69 Å². The molecule has 1 aliphatic rings. The summed E-state index contributed by atoms with van der Waals surface area (Å²) in [6.07, 6.45) is 1.04. The minimum absolute atomic E-state index is 0.343. The molecule has 0 fully saturated rings. The summed E-state index contributed by atoms with van der Waals surface area (Å²) in [6.45, 7) is 7.51. The molecule has 1 N–H and O–H groups in total. The largest absolute Gasteiger partial charge is 0.349 e. The number of aromatic nitrogens is 2. The van der Waals surface area contributed by atoms with Crippen LogP contribution in [0, 0.1) is 0 Å². The highest BCUT2D eigenvalue weighted by atomic mass is 15.2. The summed E-state index contributed by atoms with van der Waals surface area (Å²) < 4.78 is 0. The Morgan fingerprint density at radius 1 is 0.963 bits per heavy atom.